The van der Waals surface area contributed by atoms with Crippen molar-refractivity contribution in [2.75, 3.05) is 6.61 Å². The lowest BCUT2D eigenvalue weighted by Crippen LogP contribution is -2.28. The molecule has 1 heterocycles. The van der Waals surface area contributed by atoms with Crippen LogP contribution in [0.1, 0.15) is 23.2 Å². The molecule has 3 aromatic rings. The summed E-state index contributed by atoms with van der Waals surface area (Å²) in [5, 5.41) is 3.45. The number of para-hydroxylation sites is 1. The average Bonchev–Trinajstić information content (AvgIpc) is 3.13. The fraction of sp³-hybridized carbons (Fsp3) is 0.136. The Labute approximate surface area is 152 Å². The molecular weight excluding hydrogens is 327 g/mol. The Bertz CT molecular complexity index is 896. The number of benzene rings is 3. The molecule has 0 saturated carbocycles. The summed E-state index contributed by atoms with van der Waals surface area (Å²) in [5.74, 6) is 0.581. The van der Waals surface area contributed by atoms with Gasteiger partial charge >= 0.3 is 0 Å². The number of ether oxygens (including phenoxy) is 1. The lowest BCUT2D eigenvalue weighted by molar-refractivity contribution is 0.350. The lowest BCUT2D eigenvalue weighted by Gasteiger charge is -2.19. The van der Waals surface area contributed by atoms with Gasteiger partial charge in [-0.15, -0.1) is 0 Å². The van der Waals surface area contributed by atoms with E-state index in [4.69, 9.17) is 9.73 Å². The van der Waals surface area contributed by atoms with Gasteiger partial charge in [0.2, 0.25) is 0 Å². The van der Waals surface area contributed by atoms with Gasteiger partial charge in [0, 0.05) is 0 Å². The number of amidine groups is 1. The van der Waals surface area contributed by atoms with Gasteiger partial charge < -0.3 is 10.1 Å². The maximum Gasteiger partial charge on any atom is 0.165 e. The minimum Gasteiger partial charge on any atom is -0.483 e. The predicted octanol–water partition coefficient (Wildman–Crippen LogP) is 4.69. The molecule has 0 spiro atoms. The number of halogens is 1. The van der Waals surface area contributed by atoms with E-state index in [0.29, 0.717) is 0 Å². The third-order valence-electron chi connectivity index (χ3n) is 4.43. The number of rotatable bonds is 5. The first-order valence-corrected chi connectivity index (χ1v) is 8.62. The van der Waals surface area contributed by atoms with Crippen molar-refractivity contribution < 1.29 is 9.13 Å². The molecule has 0 fully saturated rings. The molecule has 130 valence electrons. The quantitative estimate of drug-likeness (QED) is 0.727. The van der Waals surface area contributed by atoms with E-state index in [9.17, 15) is 4.39 Å². The first-order chi connectivity index (χ1) is 12.8. The highest BCUT2D eigenvalue weighted by molar-refractivity contribution is 5.86. The van der Waals surface area contributed by atoms with Crippen molar-refractivity contribution in [3.63, 3.8) is 0 Å². The molecule has 3 nitrogen and oxygen atoms in total. The van der Waals surface area contributed by atoms with E-state index in [1.807, 2.05) is 36.4 Å². The number of hydrogen-bond donors (Lipinski definition) is 1. The van der Waals surface area contributed by atoms with E-state index >= 15 is 0 Å². The first kappa shape index (κ1) is 16.3. The summed E-state index contributed by atoms with van der Waals surface area (Å²) in [4.78, 5) is 4.82. The smallest absolute Gasteiger partial charge is 0.165 e. The summed E-state index contributed by atoms with van der Waals surface area (Å²) in [5.41, 5.74) is 2.29. The Balaban J connectivity index is 1.57. The fourth-order valence-electron chi connectivity index (χ4n) is 3.17. The van der Waals surface area contributed by atoms with Crippen molar-refractivity contribution in [2.45, 2.75) is 12.1 Å². The third-order valence-corrected chi connectivity index (χ3v) is 4.43. The molecule has 1 N–H and O–H groups in total. The van der Waals surface area contributed by atoms with Crippen LogP contribution in [0.3, 0.4) is 0 Å². The molecule has 4 rings (SSSR count). The number of nitrogens with one attached hydrogen (secondary N) is 1. The minimum absolute atomic E-state index is 0.0258. The van der Waals surface area contributed by atoms with Gasteiger partial charge in [-0.05, 0) is 23.3 Å². The second kappa shape index (κ2) is 7.40. The second-order valence-corrected chi connectivity index (χ2v) is 6.18. The van der Waals surface area contributed by atoms with Gasteiger partial charge in [0.1, 0.15) is 18.5 Å². The molecule has 0 saturated heterocycles. The molecule has 0 bridgehead atoms. The maximum atomic E-state index is 13.8. The van der Waals surface area contributed by atoms with E-state index in [1.54, 1.807) is 18.2 Å². The lowest BCUT2D eigenvalue weighted by atomic mass is 9.95. The normalized spacial score (nSPS) is 18.9. The Hall–Kier alpha value is -3.14. The predicted molar refractivity (Wildman–Crippen MR) is 101 cm³/mol. The minimum atomic E-state index is -0.370. The van der Waals surface area contributed by atoms with Crippen LogP contribution in [0.2, 0.25) is 0 Å². The topological polar surface area (TPSA) is 33.6 Å². The molecule has 1 aliphatic rings. The molecule has 0 aromatic heterocycles. The van der Waals surface area contributed by atoms with Gasteiger partial charge in [0.05, 0.1) is 6.04 Å². The Morgan fingerprint density at radius 3 is 2.12 bits per heavy atom. The number of aliphatic imine (C=N–C) groups is 1. The number of nitrogens with zero attached hydrogens (tertiary/aromatic N) is 1. The van der Waals surface area contributed by atoms with Crippen LogP contribution in [-0.2, 0) is 0 Å². The molecule has 3 aromatic carbocycles. The summed E-state index contributed by atoms with van der Waals surface area (Å²) in [6, 6.07) is 26.8. The van der Waals surface area contributed by atoms with Crippen molar-refractivity contribution in [1.29, 1.82) is 0 Å². The maximum absolute atomic E-state index is 13.8. The zero-order valence-electron chi connectivity index (χ0n) is 14.2. The molecular formula is C22H19FN2O. The van der Waals surface area contributed by atoms with Crippen molar-refractivity contribution in [2.24, 2.45) is 4.99 Å². The van der Waals surface area contributed by atoms with Crippen molar-refractivity contribution in [1.82, 2.24) is 5.32 Å². The molecule has 0 aliphatic carbocycles. The monoisotopic (exact) mass is 346 g/mol. The van der Waals surface area contributed by atoms with Crippen LogP contribution in [0.25, 0.3) is 0 Å². The molecule has 26 heavy (non-hydrogen) atoms. The van der Waals surface area contributed by atoms with Gasteiger partial charge in [0.25, 0.3) is 0 Å². The Morgan fingerprint density at radius 1 is 0.808 bits per heavy atom. The summed E-state index contributed by atoms with van der Waals surface area (Å²) < 4.78 is 19.4. The molecule has 2 atom stereocenters. The molecule has 0 unspecified atom stereocenters. The largest absolute Gasteiger partial charge is 0.483 e. The second-order valence-electron chi connectivity index (χ2n) is 6.18. The Kier molecular flexibility index (Phi) is 4.65. The van der Waals surface area contributed by atoms with Crippen molar-refractivity contribution >= 4 is 5.84 Å². The van der Waals surface area contributed by atoms with Gasteiger partial charge in [0.15, 0.2) is 11.6 Å². The summed E-state index contributed by atoms with van der Waals surface area (Å²) >= 11 is 0. The van der Waals surface area contributed by atoms with Gasteiger partial charge in [-0.1, -0.05) is 72.8 Å². The van der Waals surface area contributed by atoms with Crippen LogP contribution >= 0.6 is 0 Å². The fourth-order valence-corrected chi connectivity index (χ4v) is 3.17. The van der Waals surface area contributed by atoms with Gasteiger partial charge in [-0.25, -0.2) is 4.39 Å². The van der Waals surface area contributed by atoms with Crippen LogP contribution in [0, 0.1) is 5.82 Å². The van der Waals surface area contributed by atoms with Crippen molar-refractivity contribution in [3.8, 4) is 5.75 Å². The zero-order chi connectivity index (χ0) is 17.8. The molecule has 4 heteroatoms. The van der Waals surface area contributed by atoms with Crippen LogP contribution in [0.15, 0.2) is 89.9 Å². The highest BCUT2D eigenvalue weighted by Gasteiger charge is 2.31. The third kappa shape index (κ3) is 3.45. The first-order valence-electron chi connectivity index (χ1n) is 8.62. The van der Waals surface area contributed by atoms with Crippen molar-refractivity contribution in [3.05, 3.63) is 102 Å². The molecule has 1 aliphatic heterocycles. The van der Waals surface area contributed by atoms with E-state index in [-0.39, 0.29) is 30.3 Å². The zero-order valence-corrected chi connectivity index (χ0v) is 14.2. The summed E-state index contributed by atoms with van der Waals surface area (Å²) in [7, 11) is 0. The van der Waals surface area contributed by atoms with Crippen LogP contribution in [0.5, 0.6) is 5.75 Å². The van der Waals surface area contributed by atoms with Crippen LogP contribution in [-0.4, -0.2) is 12.4 Å². The van der Waals surface area contributed by atoms with E-state index in [0.717, 1.165) is 17.0 Å². The number of hydrogen-bond acceptors (Lipinski definition) is 3. The summed E-state index contributed by atoms with van der Waals surface area (Å²) in [6.45, 7) is 0.202. The average molecular weight is 346 g/mol. The highest BCUT2D eigenvalue weighted by Crippen LogP contribution is 2.35. The molecule has 0 amide bonds. The molecule has 0 radical (unpaired) electrons. The SMILES string of the molecule is Fc1ccccc1OCC1=N[C@H](c2ccccc2)[C@H](c2ccccc2)N1. The highest BCUT2D eigenvalue weighted by atomic mass is 19.1. The van der Waals surface area contributed by atoms with Gasteiger partial charge in [-0.3, -0.25) is 4.99 Å². The van der Waals surface area contributed by atoms with Gasteiger partial charge in [-0.2, -0.15) is 0 Å². The van der Waals surface area contributed by atoms with E-state index < -0.39 is 0 Å². The van der Waals surface area contributed by atoms with E-state index in [1.165, 1.54) is 6.07 Å². The summed E-state index contributed by atoms with van der Waals surface area (Å²) in [6.07, 6.45) is 0. The standard InChI is InChI=1S/C22H19FN2O/c23-18-13-7-8-14-19(18)26-15-20-24-21(16-9-3-1-4-10-16)22(25-20)17-11-5-2-6-12-17/h1-14,21-22H,15H2,(H,24,25)/t21-,22+. The van der Waals surface area contributed by atoms with Crippen LogP contribution in [0.4, 0.5) is 4.39 Å². The van der Waals surface area contributed by atoms with Crippen LogP contribution < -0.4 is 10.1 Å². The Morgan fingerprint density at radius 2 is 1.42 bits per heavy atom. The van der Waals surface area contributed by atoms with E-state index in [2.05, 4.69) is 29.6 Å².